The van der Waals surface area contributed by atoms with E-state index < -0.39 is 37.7 Å². The molecule has 2 aromatic heterocycles. The number of alkyl halides is 4. The third kappa shape index (κ3) is 3.42. The zero-order valence-corrected chi connectivity index (χ0v) is 15.4. The van der Waals surface area contributed by atoms with Crippen molar-refractivity contribution in [2.45, 2.75) is 36.0 Å². The number of nitrogens with zero attached hydrogens (tertiary/aromatic N) is 4. The molecule has 1 saturated heterocycles. The van der Waals surface area contributed by atoms with Crippen LogP contribution in [0.4, 0.5) is 23.4 Å². The van der Waals surface area contributed by atoms with Gasteiger partial charge in [-0.05, 0) is 19.8 Å². The van der Waals surface area contributed by atoms with Crippen LogP contribution in [0.15, 0.2) is 27.9 Å². The molecule has 2 aromatic rings. The average Bonchev–Trinajstić information content (AvgIpc) is 3.24. The van der Waals surface area contributed by atoms with E-state index in [1.807, 2.05) is 4.90 Å². The lowest BCUT2D eigenvalue weighted by Crippen LogP contribution is -2.46. The Morgan fingerprint density at radius 3 is 2.33 bits per heavy atom. The van der Waals surface area contributed by atoms with Crippen LogP contribution in [-0.4, -0.2) is 41.4 Å². The van der Waals surface area contributed by atoms with Crippen LogP contribution < -0.4 is 4.90 Å². The molecule has 1 aliphatic rings. The second-order valence-corrected chi connectivity index (χ2v) is 8.82. The molecule has 3 heterocycles. The molecule has 1 fully saturated rings. The molecular formula is C15H18F4N4O3S. The first kappa shape index (κ1) is 19.6. The fraction of sp³-hybridized carbons (Fsp3) is 0.600. The number of sulfone groups is 1. The Kier molecular flexibility index (Phi) is 4.73. The minimum Gasteiger partial charge on any atom is -0.363 e. The predicted molar refractivity (Wildman–Crippen MR) is 86.3 cm³/mol. The number of hydrogen-bond donors (Lipinski definition) is 0. The molecule has 0 aliphatic carbocycles. The monoisotopic (exact) mass is 410 g/mol. The first-order valence-corrected chi connectivity index (χ1v) is 9.63. The molecule has 0 bridgehead atoms. The van der Waals surface area contributed by atoms with Crippen LogP contribution in [0.1, 0.15) is 25.5 Å². The highest BCUT2D eigenvalue weighted by atomic mass is 32.2. The van der Waals surface area contributed by atoms with E-state index in [-0.39, 0.29) is 12.8 Å². The summed E-state index contributed by atoms with van der Waals surface area (Å²) in [6.45, 7) is 1.61. The lowest BCUT2D eigenvalue weighted by Gasteiger charge is -2.37. The number of rotatable bonds is 4. The van der Waals surface area contributed by atoms with Gasteiger partial charge in [0, 0.05) is 38.2 Å². The van der Waals surface area contributed by atoms with E-state index in [9.17, 15) is 21.6 Å². The van der Waals surface area contributed by atoms with E-state index in [2.05, 4.69) is 10.3 Å². The molecule has 12 heteroatoms. The summed E-state index contributed by atoms with van der Waals surface area (Å²) in [5.41, 5.74) is -1.37. The van der Waals surface area contributed by atoms with E-state index >= 15 is 4.39 Å². The maximum atomic E-state index is 15.4. The van der Waals surface area contributed by atoms with Crippen LogP contribution in [0.25, 0.3) is 0 Å². The van der Waals surface area contributed by atoms with Crippen molar-refractivity contribution in [1.82, 2.24) is 14.9 Å². The summed E-state index contributed by atoms with van der Waals surface area (Å²) in [6, 6.07) is 2.01. The van der Waals surface area contributed by atoms with Crippen LogP contribution in [-0.2, 0) is 23.1 Å². The van der Waals surface area contributed by atoms with E-state index in [4.69, 9.17) is 4.52 Å². The molecule has 0 spiro atoms. The van der Waals surface area contributed by atoms with Gasteiger partial charge in [-0.15, -0.1) is 0 Å². The van der Waals surface area contributed by atoms with Gasteiger partial charge in [0.1, 0.15) is 6.26 Å². The van der Waals surface area contributed by atoms with Gasteiger partial charge >= 0.3 is 6.18 Å². The lowest BCUT2D eigenvalue weighted by atomic mass is 9.92. The largest absolute Gasteiger partial charge is 0.435 e. The van der Waals surface area contributed by atoms with Crippen LogP contribution >= 0.6 is 0 Å². The number of aryl methyl sites for hydroxylation is 1. The minimum atomic E-state index is -4.82. The van der Waals surface area contributed by atoms with Crippen molar-refractivity contribution < 1.29 is 30.5 Å². The molecule has 27 heavy (non-hydrogen) atoms. The second kappa shape index (κ2) is 6.50. The SMILES string of the molecule is Cn1nc(C(F)(F)F)cc1S(=O)(=O)[C@](C)(F)C1CCN(c2ccon2)CC1. The standard InChI is InChI=1S/C15H18F4N4O3S/c1-14(16,10-3-6-23(7-4-10)12-5-8-26-21-12)27(24,25)13-9-11(15(17,18)19)20-22(13)2/h5,8-10H,3-4,6-7H2,1-2H3/t14-/m0/s1. The van der Waals surface area contributed by atoms with Crippen molar-refractivity contribution in [2.75, 3.05) is 18.0 Å². The highest BCUT2D eigenvalue weighted by Crippen LogP contribution is 2.41. The van der Waals surface area contributed by atoms with Crippen LogP contribution in [0, 0.1) is 5.92 Å². The average molecular weight is 410 g/mol. The fourth-order valence-corrected chi connectivity index (χ4v) is 5.00. The highest BCUT2D eigenvalue weighted by Gasteiger charge is 2.50. The van der Waals surface area contributed by atoms with Gasteiger partial charge in [-0.3, -0.25) is 4.68 Å². The van der Waals surface area contributed by atoms with Crippen LogP contribution in [0.2, 0.25) is 0 Å². The minimum absolute atomic E-state index is 0.197. The highest BCUT2D eigenvalue weighted by molar-refractivity contribution is 7.92. The Hall–Kier alpha value is -2.11. The van der Waals surface area contributed by atoms with Gasteiger partial charge in [-0.2, -0.15) is 18.3 Å². The Morgan fingerprint density at radius 2 is 1.85 bits per heavy atom. The fourth-order valence-electron chi connectivity index (χ4n) is 3.26. The summed E-state index contributed by atoms with van der Waals surface area (Å²) in [5.74, 6) is -0.312. The van der Waals surface area contributed by atoms with Crippen LogP contribution in [0.3, 0.4) is 0 Å². The molecule has 0 aromatic carbocycles. The molecule has 0 amide bonds. The summed E-state index contributed by atoms with van der Waals surface area (Å²) in [5, 5.41) is 3.42. The van der Waals surface area contributed by atoms with Crippen molar-refractivity contribution in [3.63, 3.8) is 0 Å². The van der Waals surface area contributed by atoms with E-state index in [0.29, 0.717) is 29.7 Å². The molecule has 0 saturated carbocycles. The zero-order chi connectivity index (χ0) is 20.0. The Bertz CT molecular complexity index is 898. The van der Waals surface area contributed by atoms with Crippen molar-refractivity contribution >= 4 is 15.7 Å². The number of hydrogen-bond acceptors (Lipinski definition) is 6. The Labute approximate surface area is 152 Å². The summed E-state index contributed by atoms with van der Waals surface area (Å²) in [7, 11) is -3.65. The number of piperidine rings is 1. The van der Waals surface area contributed by atoms with Gasteiger partial charge in [-0.1, -0.05) is 5.16 Å². The van der Waals surface area contributed by atoms with Gasteiger partial charge in [0.25, 0.3) is 0 Å². The van der Waals surface area contributed by atoms with Gasteiger partial charge < -0.3 is 9.42 Å². The van der Waals surface area contributed by atoms with Gasteiger partial charge in [0.15, 0.2) is 16.5 Å². The normalized spacial score (nSPS) is 19.3. The van der Waals surface area contributed by atoms with Gasteiger partial charge in [0.05, 0.1) is 0 Å². The third-order valence-corrected chi connectivity index (χ3v) is 7.22. The van der Waals surface area contributed by atoms with E-state index in [1.54, 1.807) is 6.07 Å². The van der Waals surface area contributed by atoms with E-state index in [1.165, 1.54) is 6.26 Å². The molecule has 0 N–H and O–H groups in total. The second-order valence-electron chi connectivity index (χ2n) is 6.60. The molecule has 0 radical (unpaired) electrons. The topological polar surface area (TPSA) is 81.2 Å². The molecule has 150 valence electrons. The van der Waals surface area contributed by atoms with Gasteiger partial charge in [-0.25, -0.2) is 12.8 Å². The Balaban J connectivity index is 1.83. The third-order valence-electron chi connectivity index (χ3n) is 4.90. The number of halogens is 4. The quantitative estimate of drug-likeness (QED) is 0.721. The zero-order valence-electron chi connectivity index (χ0n) is 14.6. The summed E-state index contributed by atoms with van der Waals surface area (Å²) in [6.07, 6.45) is -3.03. The lowest BCUT2D eigenvalue weighted by molar-refractivity contribution is -0.141. The first-order valence-electron chi connectivity index (χ1n) is 8.14. The number of aromatic nitrogens is 3. The first-order chi connectivity index (χ1) is 12.4. The van der Waals surface area contributed by atoms with Crippen molar-refractivity contribution in [1.29, 1.82) is 0 Å². The maximum absolute atomic E-state index is 15.4. The predicted octanol–water partition coefficient (Wildman–Crippen LogP) is 2.80. The Morgan fingerprint density at radius 1 is 1.22 bits per heavy atom. The molecular weight excluding hydrogens is 392 g/mol. The molecule has 0 unspecified atom stereocenters. The van der Waals surface area contributed by atoms with Crippen molar-refractivity contribution in [3.8, 4) is 0 Å². The van der Waals surface area contributed by atoms with Crippen molar-refractivity contribution in [3.05, 3.63) is 24.1 Å². The van der Waals surface area contributed by atoms with E-state index in [0.717, 1.165) is 14.0 Å². The van der Waals surface area contributed by atoms with Crippen LogP contribution in [0.5, 0.6) is 0 Å². The maximum Gasteiger partial charge on any atom is 0.435 e. The summed E-state index contributed by atoms with van der Waals surface area (Å²) in [4.78, 5) is 1.83. The smallest absolute Gasteiger partial charge is 0.363 e. The number of anilines is 1. The molecule has 1 aliphatic heterocycles. The molecule has 7 nitrogen and oxygen atoms in total. The van der Waals surface area contributed by atoms with Crippen molar-refractivity contribution in [2.24, 2.45) is 13.0 Å². The summed E-state index contributed by atoms with van der Waals surface area (Å²) < 4.78 is 84.7. The van der Waals surface area contributed by atoms with Gasteiger partial charge in [0.2, 0.25) is 14.8 Å². The molecule has 3 rings (SSSR count). The molecule has 1 atom stereocenters. The summed E-state index contributed by atoms with van der Waals surface area (Å²) >= 11 is 0.